The Bertz CT molecular complexity index is 1270. The van der Waals surface area contributed by atoms with Crippen molar-refractivity contribution < 1.29 is 0 Å². The smallest absolute Gasteiger partial charge is 0.159 e. The molecule has 3 aromatic rings. The molecule has 8 heteroatoms. The van der Waals surface area contributed by atoms with Gasteiger partial charge in [0.1, 0.15) is 18.7 Å². The first kappa shape index (κ1) is 21.9. The number of nitriles is 2. The van der Waals surface area contributed by atoms with Gasteiger partial charge in [-0.15, -0.1) is 10.2 Å². The number of fused-ring (bicyclic) bond motifs is 3. The summed E-state index contributed by atoms with van der Waals surface area (Å²) in [6, 6.07) is 15.8. The number of aliphatic imine (C=N–C) groups is 1. The van der Waals surface area contributed by atoms with E-state index in [1.165, 1.54) is 0 Å². The lowest BCUT2D eigenvalue weighted by Gasteiger charge is -2.26. The molecule has 0 fully saturated rings. The van der Waals surface area contributed by atoms with Crippen LogP contribution in [0, 0.1) is 22.7 Å². The molecule has 7 nitrogen and oxygen atoms in total. The third-order valence-corrected chi connectivity index (χ3v) is 6.41. The summed E-state index contributed by atoms with van der Waals surface area (Å²) >= 11 is 3.47. The van der Waals surface area contributed by atoms with Crippen molar-refractivity contribution >= 4 is 21.6 Å². The van der Waals surface area contributed by atoms with E-state index < -0.39 is 0 Å². The van der Waals surface area contributed by atoms with Crippen LogP contribution in [0.4, 0.5) is 0 Å². The Morgan fingerprint density at radius 3 is 2.41 bits per heavy atom. The highest BCUT2D eigenvalue weighted by Gasteiger charge is 2.29. The lowest BCUT2D eigenvalue weighted by atomic mass is 9.93. The van der Waals surface area contributed by atoms with Crippen molar-refractivity contribution in [2.45, 2.75) is 33.4 Å². The zero-order valence-corrected chi connectivity index (χ0v) is 19.8. The highest BCUT2D eigenvalue weighted by molar-refractivity contribution is 9.10. The lowest BCUT2D eigenvalue weighted by molar-refractivity contribution is 0.223. The number of nitrogens with zero attached hydrogens (tertiary/aromatic N) is 7. The van der Waals surface area contributed by atoms with Gasteiger partial charge >= 0.3 is 0 Å². The highest BCUT2D eigenvalue weighted by atomic mass is 79.9. The fourth-order valence-corrected chi connectivity index (χ4v) is 4.46. The lowest BCUT2D eigenvalue weighted by Crippen LogP contribution is -2.29. The maximum absolute atomic E-state index is 10.0. The van der Waals surface area contributed by atoms with Gasteiger partial charge in [-0.1, -0.05) is 41.9 Å². The number of hydrogen-bond acceptors (Lipinski definition) is 6. The van der Waals surface area contributed by atoms with Crippen molar-refractivity contribution in [2.24, 2.45) is 4.99 Å². The topological polar surface area (TPSA) is 93.9 Å². The van der Waals surface area contributed by atoms with E-state index >= 15 is 0 Å². The monoisotopic (exact) mass is 487 g/mol. The van der Waals surface area contributed by atoms with Crippen LogP contribution in [0.5, 0.6) is 0 Å². The summed E-state index contributed by atoms with van der Waals surface area (Å²) in [5.41, 5.74) is 3.60. The van der Waals surface area contributed by atoms with E-state index in [1.807, 2.05) is 34.9 Å². The molecule has 32 heavy (non-hydrogen) atoms. The molecule has 1 aliphatic heterocycles. The third kappa shape index (κ3) is 3.62. The number of benzene rings is 2. The summed E-state index contributed by atoms with van der Waals surface area (Å²) in [7, 11) is 0. The first-order valence-corrected chi connectivity index (χ1v) is 11.3. The van der Waals surface area contributed by atoms with Crippen LogP contribution in [0.1, 0.15) is 60.7 Å². The third-order valence-electron chi connectivity index (χ3n) is 5.88. The van der Waals surface area contributed by atoms with Crippen LogP contribution in [-0.2, 0) is 6.54 Å². The average molecular weight is 488 g/mol. The average Bonchev–Trinajstić information content (AvgIpc) is 3.16. The Kier molecular flexibility index (Phi) is 6.18. The quantitative estimate of drug-likeness (QED) is 0.526. The first-order valence-electron chi connectivity index (χ1n) is 10.5. The van der Waals surface area contributed by atoms with Crippen molar-refractivity contribution in [3.05, 3.63) is 74.8 Å². The van der Waals surface area contributed by atoms with E-state index in [0.717, 1.165) is 34.6 Å². The molecule has 1 unspecified atom stereocenters. The number of hydrogen-bond donors (Lipinski definition) is 0. The van der Waals surface area contributed by atoms with E-state index in [9.17, 15) is 10.5 Å². The second kappa shape index (κ2) is 9.04. The second-order valence-electron chi connectivity index (χ2n) is 7.48. The molecule has 0 saturated heterocycles. The van der Waals surface area contributed by atoms with Gasteiger partial charge in [0, 0.05) is 15.6 Å². The van der Waals surface area contributed by atoms with Crippen LogP contribution in [0.2, 0.25) is 0 Å². The number of rotatable bonds is 5. The summed E-state index contributed by atoms with van der Waals surface area (Å²) in [6.07, 6.45) is 0. The molecule has 0 aliphatic carbocycles. The maximum Gasteiger partial charge on any atom is 0.159 e. The standard InChI is InChI=1S/C24H22BrN7/c1-4-31(5-2)15(3)24-30-29-21-14-28-23(16-6-9-18(25)10-7-16)22-19(13-27)17(12-26)8-11-20(22)32(21)24/h6-11,15H,4-5,14H2,1-3H3. The molecule has 160 valence electrons. The highest BCUT2D eigenvalue weighted by Crippen LogP contribution is 2.32. The molecule has 0 saturated carbocycles. The molecule has 0 amide bonds. The molecule has 4 rings (SSSR count). The van der Waals surface area contributed by atoms with Gasteiger partial charge in [-0.25, -0.2) is 0 Å². The molecule has 2 aromatic carbocycles. The molecular formula is C24H22BrN7. The molecule has 1 atom stereocenters. The van der Waals surface area contributed by atoms with Gasteiger partial charge < -0.3 is 0 Å². The Morgan fingerprint density at radius 1 is 1.06 bits per heavy atom. The molecule has 2 heterocycles. The van der Waals surface area contributed by atoms with Crippen LogP contribution >= 0.6 is 15.9 Å². The molecule has 1 aromatic heterocycles. The molecule has 0 radical (unpaired) electrons. The largest absolute Gasteiger partial charge is 0.294 e. The van der Waals surface area contributed by atoms with Crippen LogP contribution < -0.4 is 0 Å². The van der Waals surface area contributed by atoms with Gasteiger partial charge in [-0.2, -0.15) is 10.5 Å². The normalized spacial score (nSPS) is 13.4. The van der Waals surface area contributed by atoms with Gasteiger partial charge in [0.05, 0.1) is 28.6 Å². The Morgan fingerprint density at radius 2 is 1.78 bits per heavy atom. The van der Waals surface area contributed by atoms with Crippen molar-refractivity contribution in [3.63, 3.8) is 0 Å². The number of aromatic nitrogens is 3. The van der Waals surface area contributed by atoms with E-state index in [0.29, 0.717) is 34.8 Å². The SMILES string of the molecule is CCN(CC)C(C)c1nnc2n1-c1ccc(C#N)c(C#N)c1C(c1ccc(Br)cc1)=NC2. The van der Waals surface area contributed by atoms with Crippen molar-refractivity contribution in [1.82, 2.24) is 19.7 Å². The van der Waals surface area contributed by atoms with Crippen LogP contribution in [0.3, 0.4) is 0 Å². The Labute approximate surface area is 195 Å². The van der Waals surface area contributed by atoms with Gasteiger partial charge in [0.2, 0.25) is 0 Å². The van der Waals surface area contributed by atoms with Crippen LogP contribution in [-0.4, -0.2) is 38.5 Å². The van der Waals surface area contributed by atoms with Crippen molar-refractivity contribution in [2.75, 3.05) is 13.1 Å². The van der Waals surface area contributed by atoms with Gasteiger partial charge in [-0.3, -0.25) is 14.5 Å². The minimum absolute atomic E-state index is 0.0227. The summed E-state index contributed by atoms with van der Waals surface area (Å²) in [5.74, 6) is 1.51. The van der Waals surface area contributed by atoms with Crippen LogP contribution in [0.15, 0.2) is 45.9 Å². The minimum atomic E-state index is 0.0227. The molecular weight excluding hydrogens is 466 g/mol. The fraction of sp³-hybridized carbons (Fsp3) is 0.292. The van der Waals surface area contributed by atoms with Gasteiger partial charge in [0.15, 0.2) is 11.6 Å². The summed E-state index contributed by atoms with van der Waals surface area (Å²) in [4.78, 5) is 7.15. The summed E-state index contributed by atoms with van der Waals surface area (Å²) in [5, 5.41) is 28.7. The Balaban J connectivity index is 2.01. The van der Waals surface area contributed by atoms with Gasteiger partial charge in [0.25, 0.3) is 0 Å². The van der Waals surface area contributed by atoms with Crippen molar-refractivity contribution in [3.8, 4) is 17.8 Å². The fourth-order valence-electron chi connectivity index (χ4n) is 4.20. The molecule has 0 bridgehead atoms. The summed E-state index contributed by atoms with van der Waals surface area (Å²) < 4.78 is 2.96. The molecule has 0 spiro atoms. The minimum Gasteiger partial charge on any atom is -0.294 e. The predicted molar refractivity (Wildman–Crippen MR) is 126 cm³/mol. The summed E-state index contributed by atoms with van der Waals surface area (Å²) in [6.45, 7) is 8.43. The predicted octanol–water partition coefficient (Wildman–Crippen LogP) is 4.53. The van der Waals surface area contributed by atoms with Crippen molar-refractivity contribution in [1.29, 1.82) is 10.5 Å². The van der Waals surface area contributed by atoms with E-state index in [1.54, 1.807) is 6.07 Å². The zero-order valence-electron chi connectivity index (χ0n) is 18.2. The second-order valence-corrected chi connectivity index (χ2v) is 8.40. The van der Waals surface area contributed by atoms with Gasteiger partial charge in [-0.05, 0) is 44.3 Å². The number of halogens is 1. The zero-order chi connectivity index (χ0) is 22.8. The maximum atomic E-state index is 10.0. The van der Waals surface area contributed by atoms with Crippen LogP contribution in [0.25, 0.3) is 5.69 Å². The van der Waals surface area contributed by atoms with E-state index in [-0.39, 0.29) is 6.04 Å². The molecule has 1 aliphatic rings. The first-order chi connectivity index (χ1) is 15.5. The molecule has 0 N–H and O–H groups in total. The Hall–Kier alpha value is -3.33. The van der Waals surface area contributed by atoms with E-state index in [4.69, 9.17) is 4.99 Å². The van der Waals surface area contributed by atoms with E-state index in [2.05, 4.69) is 63.9 Å².